The zero-order chi connectivity index (χ0) is 18.0. The Labute approximate surface area is 143 Å². The molecule has 7 heteroatoms. The van der Waals surface area contributed by atoms with Crippen molar-refractivity contribution in [3.8, 4) is 0 Å². The molecule has 3 aliphatic heterocycles. The third-order valence-electron chi connectivity index (χ3n) is 5.35. The van der Waals surface area contributed by atoms with Gasteiger partial charge in [0.25, 0.3) is 0 Å². The summed E-state index contributed by atoms with van der Waals surface area (Å²) in [6.07, 6.45) is 3.43. The van der Waals surface area contributed by atoms with Gasteiger partial charge in [0, 0.05) is 0 Å². The van der Waals surface area contributed by atoms with Crippen LogP contribution in [0.25, 0.3) is 0 Å². The van der Waals surface area contributed by atoms with Crippen LogP contribution < -0.4 is 4.90 Å². The fourth-order valence-electron chi connectivity index (χ4n) is 4.16. The Morgan fingerprint density at radius 3 is 2.44 bits per heavy atom. The first-order valence-corrected chi connectivity index (χ1v) is 7.94. The predicted molar refractivity (Wildman–Crippen MR) is 85.7 cm³/mol. The average Bonchev–Trinajstić information content (AvgIpc) is 3.20. The molecule has 4 rings (SSSR count). The average molecular weight is 343 g/mol. The van der Waals surface area contributed by atoms with Crippen LogP contribution >= 0.6 is 0 Å². The van der Waals surface area contributed by atoms with Crippen LogP contribution in [0.1, 0.15) is 17.3 Å². The van der Waals surface area contributed by atoms with Gasteiger partial charge in [-0.25, -0.2) is 9.69 Å². The van der Waals surface area contributed by atoms with Crippen molar-refractivity contribution < 1.29 is 29.0 Å². The van der Waals surface area contributed by atoms with Crippen LogP contribution in [0.5, 0.6) is 0 Å². The maximum absolute atomic E-state index is 13.0. The highest BCUT2D eigenvalue weighted by molar-refractivity contribution is 6.23. The van der Waals surface area contributed by atoms with Crippen molar-refractivity contribution in [2.24, 2.45) is 11.8 Å². The molecule has 1 aromatic carbocycles. The second-order valence-electron chi connectivity index (χ2n) is 6.74. The first kappa shape index (κ1) is 16.0. The van der Waals surface area contributed by atoms with Gasteiger partial charge < -0.3 is 14.6 Å². The van der Waals surface area contributed by atoms with E-state index in [0.717, 1.165) is 4.90 Å². The highest BCUT2D eigenvalue weighted by Crippen LogP contribution is 2.57. The van der Waals surface area contributed by atoms with Crippen molar-refractivity contribution >= 4 is 23.5 Å². The number of fused-ring (bicyclic) bond motifs is 5. The fraction of sp³-hybridized carbons (Fsp3) is 0.389. The Bertz CT molecular complexity index is 815. The van der Waals surface area contributed by atoms with E-state index >= 15 is 0 Å². The van der Waals surface area contributed by atoms with E-state index in [4.69, 9.17) is 4.74 Å². The lowest BCUT2D eigenvalue weighted by Gasteiger charge is -2.26. The Hall–Kier alpha value is -2.51. The van der Waals surface area contributed by atoms with E-state index in [2.05, 4.69) is 4.74 Å². The van der Waals surface area contributed by atoms with Crippen molar-refractivity contribution in [2.45, 2.75) is 18.1 Å². The number of ether oxygens (including phenoxy) is 2. The molecule has 7 nitrogen and oxygen atoms in total. The summed E-state index contributed by atoms with van der Waals surface area (Å²) >= 11 is 0. The van der Waals surface area contributed by atoms with Gasteiger partial charge in [-0.05, 0) is 31.2 Å². The molecule has 2 fully saturated rings. The summed E-state index contributed by atoms with van der Waals surface area (Å²) in [7, 11) is 1.28. The normalized spacial score (nSPS) is 35.4. The zero-order valence-electron chi connectivity index (χ0n) is 13.8. The molecule has 0 spiro atoms. The van der Waals surface area contributed by atoms with Gasteiger partial charge in [0.2, 0.25) is 11.8 Å². The number of amides is 2. The smallest absolute Gasteiger partial charge is 0.337 e. The molecule has 2 saturated heterocycles. The van der Waals surface area contributed by atoms with Crippen LogP contribution in [-0.2, 0) is 19.1 Å². The molecular formula is C18H17NO6. The van der Waals surface area contributed by atoms with Gasteiger partial charge in [-0.1, -0.05) is 12.2 Å². The summed E-state index contributed by atoms with van der Waals surface area (Å²) in [5.74, 6) is -2.67. The molecule has 2 amide bonds. The lowest BCUT2D eigenvalue weighted by molar-refractivity contribution is -0.131. The van der Waals surface area contributed by atoms with E-state index in [0.29, 0.717) is 11.3 Å². The Morgan fingerprint density at radius 2 is 1.84 bits per heavy atom. The van der Waals surface area contributed by atoms with Gasteiger partial charge in [0.15, 0.2) is 0 Å². The van der Waals surface area contributed by atoms with E-state index in [1.807, 2.05) is 0 Å². The predicted octanol–water partition coefficient (Wildman–Crippen LogP) is 0.669. The number of carbonyl (C=O) groups is 3. The minimum absolute atomic E-state index is 0.328. The summed E-state index contributed by atoms with van der Waals surface area (Å²) in [5, 5.41) is 9.78. The maximum Gasteiger partial charge on any atom is 0.337 e. The summed E-state index contributed by atoms with van der Waals surface area (Å²) < 4.78 is 10.5. The maximum atomic E-state index is 13.0. The standard InChI is InChI=1S/C18H17NO6/c1-17-7-8-18(9-20,25-17)13-12(17)14(21)19(15(13)22)11-5-3-10(4-6-11)16(23)24-2/h3-8,12-13,20H,9H2,1-2H3/t12-,13-,17-,18+/m1/s1. The van der Waals surface area contributed by atoms with E-state index in [1.165, 1.54) is 31.4 Å². The number of esters is 1. The number of hydrogen-bond acceptors (Lipinski definition) is 6. The third-order valence-corrected chi connectivity index (χ3v) is 5.35. The quantitative estimate of drug-likeness (QED) is 0.493. The van der Waals surface area contributed by atoms with Gasteiger partial charge in [0.1, 0.15) is 5.60 Å². The molecule has 1 N–H and O–H groups in total. The summed E-state index contributed by atoms with van der Waals surface area (Å²) in [6.45, 7) is 1.38. The molecule has 0 aromatic heterocycles. The van der Waals surface area contributed by atoms with Gasteiger partial charge in [-0.3, -0.25) is 9.59 Å². The first-order valence-electron chi connectivity index (χ1n) is 7.94. The number of methoxy groups -OCH3 is 1. The van der Waals surface area contributed by atoms with Crippen molar-refractivity contribution in [1.82, 2.24) is 0 Å². The summed E-state index contributed by atoms with van der Waals surface area (Å²) in [5.41, 5.74) is -1.34. The van der Waals surface area contributed by atoms with E-state index < -0.39 is 34.9 Å². The van der Waals surface area contributed by atoms with E-state index in [9.17, 15) is 19.5 Å². The second kappa shape index (κ2) is 5.00. The van der Waals surface area contributed by atoms with Crippen LogP contribution in [0, 0.1) is 11.8 Å². The van der Waals surface area contributed by atoms with Crippen molar-refractivity contribution in [1.29, 1.82) is 0 Å². The first-order chi connectivity index (χ1) is 11.9. The van der Waals surface area contributed by atoms with Gasteiger partial charge in [-0.2, -0.15) is 0 Å². The number of benzene rings is 1. The highest BCUT2D eigenvalue weighted by atomic mass is 16.5. The molecule has 0 unspecified atom stereocenters. The summed E-state index contributed by atoms with van der Waals surface area (Å²) in [6, 6.07) is 6.08. The molecule has 3 aliphatic rings. The molecule has 2 bridgehead atoms. The number of aliphatic hydroxyl groups is 1. The minimum atomic E-state index is -1.15. The topological polar surface area (TPSA) is 93.1 Å². The van der Waals surface area contributed by atoms with Crippen molar-refractivity contribution in [2.75, 3.05) is 18.6 Å². The monoisotopic (exact) mass is 343 g/mol. The Morgan fingerprint density at radius 1 is 1.20 bits per heavy atom. The lowest BCUT2D eigenvalue weighted by atomic mass is 9.73. The third kappa shape index (κ3) is 1.90. The lowest BCUT2D eigenvalue weighted by Crippen LogP contribution is -2.43. The molecule has 0 saturated carbocycles. The van der Waals surface area contributed by atoms with Gasteiger partial charge in [0.05, 0.1) is 42.4 Å². The van der Waals surface area contributed by atoms with Gasteiger partial charge in [-0.15, -0.1) is 0 Å². The number of hydrogen-bond donors (Lipinski definition) is 1. The molecule has 0 aliphatic carbocycles. The number of rotatable bonds is 3. The van der Waals surface area contributed by atoms with Crippen LogP contribution in [0.3, 0.4) is 0 Å². The Balaban J connectivity index is 1.71. The zero-order valence-corrected chi connectivity index (χ0v) is 13.8. The molecule has 0 radical (unpaired) electrons. The van der Waals surface area contributed by atoms with Crippen LogP contribution in [0.15, 0.2) is 36.4 Å². The van der Waals surface area contributed by atoms with Crippen molar-refractivity contribution in [3.63, 3.8) is 0 Å². The number of carbonyl (C=O) groups excluding carboxylic acids is 3. The molecule has 25 heavy (non-hydrogen) atoms. The highest BCUT2D eigenvalue weighted by Gasteiger charge is 2.72. The van der Waals surface area contributed by atoms with Crippen LogP contribution in [0.4, 0.5) is 5.69 Å². The number of aliphatic hydroxyl groups excluding tert-OH is 1. The Kier molecular flexibility index (Phi) is 3.20. The largest absolute Gasteiger partial charge is 0.465 e. The van der Waals surface area contributed by atoms with E-state index in [-0.39, 0.29) is 12.5 Å². The minimum Gasteiger partial charge on any atom is -0.465 e. The molecule has 130 valence electrons. The number of anilines is 1. The van der Waals surface area contributed by atoms with Gasteiger partial charge >= 0.3 is 5.97 Å². The number of nitrogens with zero attached hydrogens (tertiary/aromatic N) is 1. The molecule has 3 heterocycles. The SMILES string of the molecule is COC(=O)c1ccc(N2C(=O)[C@H]3[C@H](C2=O)[C@@]2(CO)C=C[C@@]3(C)O2)cc1. The van der Waals surface area contributed by atoms with Crippen LogP contribution in [0.2, 0.25) is 0 Å². The molecule has 4 atom stereocenters. The van der Waals surface area contributed by atoms with E-state index in [1.54, 1.807) is 19.1 Å². The molecular weight excluding hydrogens is 326 g/mol. The molecule has 1 aromatic rings. The fourth-order valence-corrected chi connectivity index (χ4v) is 4.16. The number of imide groups is 1. The van der Waals surface area contributed by atoms with Crippen LogP contribution in [-0.4, -0.2) is 47.8 Å². The van der Waals surface area contributed by atoms with Crippen molar-refractivity contribution in [3.05, 3.63) is 42.0 Å². The summed E-state index contributed by atoms with van der Waals surface area (Å²) in [4.78, 5) is 38.6. The second-order valence-corrected chi connectivity index (χ2v) is 6.74.